The largest absolute Gasteiger partial charge is 0.352 e. The van der Waals surface area contributed by atoms with Crippen LogP contribution >= 0.6 is 0 Å². The number of fused-ring (bicyclic) bond motifs is 1. The van der Waals surface area contributed by atoms with E-state index in [-0.39, 0.29) is 11.9 Å². The number of hydrogen-bond acceptors (Lipinski definition) is 2. The maximum Gasteiger partial charge on any atom is 0.326 e. The van der Waals surface area contributed by atoms with Crippen molar-refractivity contribution >= 4 is 23.3 Å². The maximum absolute atomic E-state index is 13.0. The highest BCUT2D eigenvalue weighted by atomic mass is 16.2. The van der Waals surface area contributed by atoms with Gasteiger partial charge in [0.25, 0.3) is 0 Å². The molecule has 4 rings (SSSR count). The van der Waals surface area contributed by atoms with Crippen LogP contribution in [0.25, 0.3) is 0 Å². The highest BCUT2D eigenvalue weighted by molar-refractivity contribution is 6.02. The molecule has 0 radical (unpaired) electrons. The molecule has 0 bridgehead atoms. The smallest absolute Gasteiger partial charge is 0.326 e. The zero-order valence-corrected chi connectivity index (χ0v) is 19.1. The molecular formula is C28H31N3O2. The minimum absolute atomic E-state index is 0.0208. The van der Waals surface area contributed by atoms with Crippen LogP contribution in [-0.2, 0) is 30.6 Å². The molecule has 3 amide bonds. The first kappa shape index (κ1) is 22.6. The third-order valence-electron chi connectivity index (χ3n) is 6.10. The van der Waals surface area contributed by atoms with Gasteiger partial charge < -0.3 is 10.6 Å². The van der Waals surface area contributed by atoms with Crippen LogP contribution < -0.4 is 15.5 Å². The first-order valence-corrected chi connectivity index (χ1v) is 11.7. The number of amides is 3. The van der Waals surface area contributed by atoms with Crippen LogP contribution in [0, 0.1) is 0 Å². The van der Waals surface area contributed by atoms with E-state index in [0.717, 1.165) is 48.2 Å². The number of urea groups is 1. The Morgan fingerprint density at radius 3 is 2.30 bits per heavy atom. The number of para-hydroxylation sites is 1. The molecule has 0 unspecified atom stereocenters. The summed E-state index contributed by atoms with van der Waals surface area (Å²) in [4.78, 5) is 27.1. The first-order chi connectivity index (χ1) is 16.1. The van der Waals surface area contributed by atoms with Crippen LogP contribution in [0.3, 0.4) is 0 Å². The fourth-order valence-corrected chi connectivity index (χ4v) is 4.14. The van der Waals surface area contributed by atoms with Crippen LogP contribution in [0.2, 0.25) is 0 Å². The van der Waals surface area contributed by atoms with Crippen molar-refractivity contribution in [1.29, 1.82) is 0 Å². The second-order valence-corrected chi connectivity index (χ2v) is 8.49. The molecule has 0 fully saturated rings. The summed E-state index contributed by atoms with van der Waals surface area (Å²) in [6.45, 7) is 3.36. The number of rotatable bonds is 6. The lowest BCUT2D eigenvalue weighted by Gasteiger charge is -2.23. The Balaban J connectivity index is 1.30. The molecule has 1 heterocycles. The van der Waals surface area contributed by atoms with E-state index < -0.39 is 0 Å². The van der Waals surface area contributed by atoms with Crippen molar-refractivity contribution in [2.45, 2.75) is 45.6 Å². The summed E-state index contributed by atoms with van der Waals surface area (Å²) in [7, 11) is 0. The molecule has 0 saturated carbocycles. The van der Waals surface area contributed by atoms with Crippen molar-refractivity contribution < 1.29 is 9.59 Å². The fraction of sp³-hybridized carbons (Fsp3) is 0.286. The summed E-state index contributed by atoms with van der Waals surface area (Å²) in [5.74, 6) is -0.0208. The predicted molar refractivity (Wildman–Crippen MR) is 134 cm³/mol. The Morgan fingerprint density at radius 1 is 0.848 bits per heavy atom. The van der Waals surface area contributed by atoms with Gasteiger partial charge in [-0.2, -0.15) is 0 Å². The van der Waals surface area contributed by atoms with Gasteiger partial charge in [0.15, 0.2) is 0 Å². The lowest BCUT2D eigenvalue weighted by Crippen LogP contribution is -2.35. The first-order valence-electron chi connectivity index (χ1n) is 11.7. The molecule has 2 N–H and O–H groups in total. The molecule has 1 aliphatic heterocycles. The molecule has 3 aromatic rings. The van der Waals surface area contributed by atoms with Gasteiger partial charge in [-0.3, -0.25) is 9.69 Å². The van der Waals surface area contributed by atoms with Gasteiger partial charge in [0.2, 0.25) is 5.91 Å². The van der Waals surface area contributed by atoms with Gasteiger partial charge in [-0.15, -0.1) is 0 Å². The van der Waals surface area contributed by atoms with Gasteiger partial charge in [0.1, 0.15) is 0 Å². The minimum Gasteiger partial charge on any atom is -0.352 e. The summed E-state index contributed by atoms with van der Waals surface area (Å²) in [6, 6.07) is 23.8. The standard InChI is InChI=1S/C28H31N3O2/c1-2-21-10-12-23(13-11-21)20-29-27(32)19-22-14-16-25(17-15-22)30-28(33)31-18-6-5-8-24-7-3-4-9-26(24)31/h3-4,7,9-17H,2,5-6,8,18-20H2,1H3,(H,29,32)(H,30,33). The Labute approximate surface area is 195 Å². The molecule has 5 heteroatoms. The van der Waals surface area contributed by atoms with Gasteiger partial charge in [0.05, 0.1) is 6.42 Å². The molecule has 0 spiro atoms. The summed E-state index contributed by atoms with van der Waals surface area (Å²) < 4.78 is 0. The summed E-state index contributed by atoms with van der Waals surface area (Å²) in [5, 5.41) is 5.98. The number of hydrogen-bond donors (Lipinski definition) is 2. The molecule has 1 aliphatic rings. The number of carbonyl (C=O) groups excluding carboxylic acids is 2. The Hall–Kier alpha value is -3.60. The summed E-state index contributed by atoms with van der Waals surface area (Å²) >= 11 is 0. The van der Waals surface area contributed by atoms with E-state index in [2.05, 4.69) is 47.9 Å². The van der Waals surface area contributed by atoms with E-state index in [4.69, 9.17) is 0 Å². The molecule has 0 atom stereocenters. The Bertz CT molecular complexity index is 1090. The van der Waals surface area contributed by atoms with E-state index in [0.29, 0.717) is 19.5 Å². The van der Waals surface area contributed by atoms with Crippen molar-refractivity contribution in [2.24, 2.45) is 0 Å². The van der Waals surface area contributed by atoms with Crippen molar-refractivity contribution in [1.82, 2.24) is 5.32 Å². The number of carbonyl (C=O) groups is 2. The molecular weight excluding hydrogens is 410 g/mol. The molecule has 0 aliphatic carbocycles. The number of anilines is 2. The van der Waals surface area contributed by atoms with Crippen LogP contribution in [0.1, 0.15) is 42.0 Å². The second-order valence-electron chi connectivity index (χ2n) is 8.49. The highest BCUT2D eigenvalue weighted by Crippen LogP contribution is 2.26. The number of aryl methyl sites for hydroxylation is 2. The Kier molecular flexibility index (Phi) is 7.40. The molecule has 5 nitrogen and oxygen atoms in total. The molecule has 0 saturated heterocycles. The van der Waals surface area contributed by atoms with Gasteiger partial charge in [-0.05, 0) is 66.1 Å². The predicted octanol–water partition coefficient (Wildman–Crippen LogP) is 5.48. The van der Waals surface area contributed by atoms with E-state index >= 15 is 0 Å². The minimum atomic E-state index is -0.121. The second kappa shape index (κ2) is 10.8. The van der Waals surface area contributed by atoms with Gasteiger partial charge >= 0.3 is 6.03 Å². The summed E-state index contributed by atoms with van der Waals surface area (Å²) in [6.07, 6.45) is 4.39. The van der Waals surface area contributed by atoms with Gasteiger partial charge in [-0.1, -0.05) is 61.5 Å². The van der Waals surface area contributed by atoms with Crippen LogP contribution in [0.15, 0.2) is 72.8 Å². The van der Waals surface area contributed by atoms with E-state index in [1.54, 1.807) is 0 Å². The molecule has 170 valence electrons. The van der Waals surface area contributed by atoms with Crippen LogP contribution in [-0.4, -0.2) is 18.5 Å². The number of benzene rings is 3. The average molecular weight is 442 g/mol. The lowest BCUT2D eigenvalue weighted by molar-refractivity contribution is -0.120. The van der Waals surface area contributed by atoms with E-state index in [1.807, 2.05) is 47.4 Å². The zero-order chi connectivity index (χ0) is 23.0. The van der Waals surface area contributed by atoms with E-state index in [1.165, 1.54) is 11.1 Å². The third kappa shape index (κ3) is 6.01. The maximum atomic E-state index is 13.0. The van der Waals surface area contributed by atoms with Crippen molar-refractivity contribution in [2.75, 3.05) is 16.8 Å². The van der Waals surface area contributed by atoms with Gasteiger partial charge in [0, 0.05) is 24.5 Å². The average Bonchev–Trinajstić information content (AvgIpc) is 3.07. The fourth-order valence-electron chi connectivity index (χ4n) is 4.14. The summed E-state index contributed by atoms with van der Waals surface area (Å²) in [5.41, 5.74) is 6.22. The molecule has 0 aromatic heterocycles. The van der Waals surface area contributed by atoms with Crippen LogP contribution in [0.5, 0.6) is 0 Å². The molecule has 3 aromatic carbocycles. The SMILES string of the molecule is CCc1ccc(CNC(=O)Cc2ccc(NC(=O)N3CCCCc4ccccc43)cc2)cc1. The highest BCUT2D eigenvalue weighted by Gasteiger charge is 2.20. The third-order valence-corrected chi connectivity index (χ3v) is 6.10. The van der Waals surface area contributed by atoms with Crippen molar-refractivity contribution in [3.63, 3.8) is 0 Å². The van der Waals surface area contributed by atoms with Crippen LogP contribution in [0.4, 0.5) is 16.2 Å². The molecule has 33 heavy (non-hydrogen) atoms. The Morgan fingerprint density at radius 2 is 1.55 bits per heavy atom. The van der Waals surface area contributed by atoms with Crippen molar-refractivity contribution in [3.8, 4) is 0 Å². The quantitative estimate of drug-likeness (QED) is 0.532. The normalized spacial score (nSPS) is 13.1. The lowest BCUT2D eigenvalue weighted by atomic mass is 10.1. The number of nitrogens with zero attached hydrogens (tertiary/aromatic N) is 1. The van der Waals surface area contributed by atoms with Gasteiger partial charge in [-0.25, -0.2) is 4.79 Å². The zero-order valence-electron chi connectivity index (χ0n) is 19.1. The van der Waals surface area contributed by atoms with Crippen molar-refractivity contribution in [3.05, 3.63) is 95.1 Å². The topological polar surface area (TPSA) is 61.4 Å². The van der Waals surface area contributed by atoms with E-state index in [9.17, 15) is 9.59 Å². The monoisotopic (exact) mass is 441 g/mol. The number of nitrogens with one attached hydrogen (secondary N) is 2.